The first-order chi connectivity index (χ1) is 12.3. The van der Waals surface area contributed by atoms with E-state index in [0.29, 0.717) is 5.56 Å². The third kappa shape index (κ3) is 3.02. The highest BCUT2D eigenvalue weighted by atomic mass is 16.4. The summed E-state index contributed by atoms with van der Waals surface area (Å²) >= 11 is 0. The van der Waals surface area contributed by atoms with Gasteiger partial charge in [-0.05, 0) is 31.9 Å². The second kappa shape index (κ2) is 6.88. The number of aromatic carboxylic acids is 1. The lowest BCUT2D eigenvalue weighted by atomic mass is 10.0. The number of benzene rings is 1. The van der Waals surface area contributed by atoms with Crippen molar-refractivity contribution in [1.29, 1.82) is 0 Å². The summed E-state index contributed by atoms with van der Waals surface area (Å²) in [6.45, 7) is 5.73. The number of carboxylic acids is 1. The first-order valence-electron chi connectivity index (χ1n) is 9.11. The maximum absolute atomic E-state index is 11.9. The fraction of sp³-hybridized carbons (Fsp3) is 0.474. The highest BCUT2D eigenvalue weighted by Crippen LogP contribution is 2.36. The molecule has 2 fully saturated rings. The van der Waals surface area contributed by atoms with Crippen LogP contribution in [-0.2, 0) is 0 Å². The molecular weight excluding hydrogens is 316 g/mol. The zero-order chi connectivity index (χ0) is 17.2. The monoisotopic (exact) mass is 340 g/mol. The molecule has 0 amide bonds. The summed E-state index contributed by atoms with van der Waals surface area (Å²) in [5, 5.41) is 14.9. The molecule has 25 heavy (non-hydrogen) atoms. The van der Waals surface area contributed by atoms with Gasteiger partial charge >= 0.3 is 5.97 Å². The van der Waals surface area contributed by atoms with E-state index >= 15 is 0 Å². The molecule has 0 spiro atoms. The Morgan fingerprint density at radius 3 is 2.64 bits per heavy atom. The molecule has 4 rings (SSSR count). The number of rotatable bonds is 3. The molecule has 0 atom stereocenters. The van der Waals surface area contributed by atoms with E-state index < -0.39 is 5.97 Å². The Kier molecular flexibility index (Phi) is 4.44. The molecule has 1 aromatic carbocycles. The minimum atomic E-state index is -0.887. The van der Waals surface area contributed by atoms with E-state index in [2.05, 4.69) is 15.1 Å². The van der Waals surface area contributed by atoms with Gasteiger partial charge in [0, 0.05) is 43.5 Å². The Balaban J connectivity index is 1.89. The summed E-state index contributed by atoms with van der Waals surface area (Å²) in [5.41, 5.74) is 1.39. The Labute approximate surface area is 147 Å². The molecule has 2 aliphatic rings. The van der Waals surface area contributed by atoms with E-state index in [-0.39, 0.29) is 0 Å². The van der Waals surface area contributed by atoms with Crippen LogP contribution in [0, 0.1) is 0 Å². The molecule has 2 N–H and O–H groups in total. The normalized spacial score (nSPS) is 18.6. The van der Waals surface area contributed by atoms with Crippen molar-refractivity contribution in [2.45, 2.75) is 19.3 Å². The zero-order valence-corrected chi connectivity index (χ0v) is 14.4. The van der Waals surface area contributed by atoms with E-state index in [1.807, 2.05) is 18.3 Å². The molecule has 6 nitrogen and oxygen atoms in total. The van der Waals surface area contributed by atoms with Gasteiger partial charge in [-0.15, -0.1) is 0 Å². The van der Waals surface area contributed by atoms with Crippen molar-refractivity contribution in [2.75, 3.05) is 49.1 Å². The van der Waals surface area contributed by atoms with Crippen LogP contribution in [0.3, 0.4) is 0 Å². The summed E-state index contributed by atoms with van der Waals surface area (Å²) in [6, 6.07) is 5.58. The van der Waals surface area contributed by atoms with E-state index in [9.17, 15) is 9.90 Å². The van der Waals surface area contributed by atoms with Crippen molar-refractivity contribution in [3.8, 4) is 0 Å². The predicted molar refractivity (Wildman–Crippen MR) is 99.8 cm³/mol. The molecule has 2 saturated heterocycles. The molecule has 0 unspecified atom stereocenters. The van der Waals surface area contributed by atoms with Gasteiger partial charge in [-0.2, -0.15) is 0 Å². The molecule has 6 heteroatoms. The lowest BCUT2D eigenvalue weighted by molar-refractivity contribution is 0.0699. The Bertz CT molecular complexity index is 778. The fourth-order valence-corrected chi connectivity index (χ4v) is 3.95. The molecule has 1 aromatic heterocycles. The maximum Gasteiger partial charge on any atom is 0.336 e. The molecule has 2 aromatic rings. The third-order valence-corrected chi connectivity index (χ3v) is 5.19. The molecule has 0 radical (unpaired) electrons. The van der Waals surface area contributed by atoms with Crippen LogP contribution in [0.1, 0.15) is 29.6 Å². The number of carboxylic acid groups (broad SMARTS) is 1. The molecule has 0 bridgehead atoms. The molecule has 0 aliphatic carbocycles. The largest absolute Gasteiger partial charge is 0.478 e. The van der Waals surface area contributed by atoms with Gasteiger partial charge in [0.1, 0.15) is 5.82 Å². The van der Waals surface area contributed by atoms with Crippen molar-refractivity contribution >= 4 is 28.2 Å². The summed E-state index contributed by atoms with van der Waals surface area (Å²) in [4.78, 5) is 21.1. The summed E-state index contributed by atoms with van der Waals surface area (Å²) < 4.78 is 0. The van der Waals surface area contributed by atoms with Crippen molar-refractivity contribution in [3.63, 3.8) is 0 Å². The summed E-state index contributed by atoms with van der Waals surface area (Å²) in [5.74, 6) is -0.0651. The second-order valence-electron chi connectivity index (χ2n) is 6.79. The van der Waals surface area contributed by atoms with Gasteiger partial charge in [-0.3, -0.25) is 0 Å². The standard InChI is InChI=1S/C19H24N4O2/c24-19(25)15-6-3-5-14-16(22-11-4-7-20-8-12-22)13-21-18(17(14)15)23-9-1-2-10-23/h3,5-6,13,20H,1-2,4,7-12H2,(H,24,25). The smallest absolute Gasteiger partial charge is 0.336 e. The third-order valence-electron chi connectivity index (χ3n) is 5.19. The molecule has 3 heterocycles. The zero-order valence-electron chi connectivity index (χ0n) is 14.4. The van der Waals surface area contributed by atoms with Gasteiger partial charge in [-0.1, -0.05) is 12.1 Å². The van der Waals surface area contributed by atoms with Gasteiger partial charge < -0.3 is 20.2 Å². The average Bonchev–Trinajstić information content (AvgIpc) is 3.02. The lowest BCUT2D eigenvalue weighted by Gasteiger charge is -2.26. The van der Waals surface area contributed by atoms with Crippen molar-refractivity contribution in [2.24, 2.45) is 0 Å². The second-order valence-corrected chi connectivity index (χ2v) is 6.79. The van der Waals surface area contributed by atoms with Crippen LogP contribution >= 0.6 is 0 Å². The van der Waals surface area contributed by atoms with Crippen LogP contribution in [0.2, 0.25) is 0 Å². The number of hydrogen-bond donors (Lipinski definition) is 2. The van der Waals surface area contributed by atoms with E-state index in [1.165, 1.54) is 0 Å². The lowest BCUT2D eigenvalue weighted by Crippen LogP contribution is -2.28. The van der Waals surface area contributed by atoms with E-state index in [1.54, 1.807) is 6.07 Å². The minimum absolute atomic E-state index is 0.349. The number of fused-ring (bicyclic) bond motifs is 1. The van der Waals surface area contributed by atoms with Gasteiger partial charge in [0.05, 0.1) is 17.4 Å². The van der Waals surface area contributed by atoms with Crippen molar-refractivity contribution in [1.82, 2.24) is 10.3 Å². The molecule has 2 aliphatic heterocycles. The number of pyridine rings is 1. The van der Waals surface area contributed by atoms with Gasteiger partial charge in [0.2, 0.25) is 0 Å². The number of hydrogen-bond acceptors (Lipinski definition) is 5. The molecule has 132 valence electrons. The highest BCUT2D eigenvalue weighted by molar-refractivity contribution is 6.12. The number of anilines is 2. The quantitative estimate of drug-likeness (QED) is 0.894. The summed E-state index contributed by atoms with van der Waals surface area (Å²) in [6.07, 6.45) is 5.29. The summed E-state index contributed by atoms with van der Waals surface area (Å²) in [7, 11) is 0. The Morgan fingerprint density at radius 2 is 1.84 bits per heavy atom. The molecular formula is C19H24N4O2. The number of carbonyl (C=O) groups is 1. The van der Waals surface area contributed by atoms with Crippen LogP contribution in [0.4, 0.5) is 11.5 Å². The number of aromatic nitrogens is 1. The number of nitrogens with zero attached hydrogens (tertiary/aromatic N) is 3. The Morgan fingerprint density at radius 1 is 1.04 bits per heavy atom. The minimum Gasteiger partial charge on any atom is -0.478 e. The van der Waals surface area contributed by atoms with E-state index in [0.717, 1.165) is 80.8 Å². The van der Waals surface area contributed by atoms with Gasteiger partial charge in [0.25, 0.3) is 0 Å². The van der Waals surface area contributed by atoms with Crippen LogP contribution in [0.15, 0.2) is 24.4 Å². The SMILES string of the molecule is O=C(O)c1cccc2c(N3CCCNCC3)cnc(N3CCCC3)c12. The van der Waals surface area contributed by atoms with Crippen molar-refractivity contribution in [3.05, 3.63) is 30.0 Å². The topological polar surface area (TPSA) is 68.7 Å². The fourth-order valence-electron chi connectivity index (χ4n) is 3.95. The number of nitrogens with one attached hydrogen (secondary N) is 1. The first kappa shape index (κ1) is 16.1. The van der Waals surface area contributed by atoms with E-state index in [4.69, 9.17) is 4.98 Å². The highest BCUT2D eigenvalue weighted by Gasteiger charge is 2.23. The maximum atomic E-state index is 11.9. The predicted octanol–water partition coefficient (Wildman–Crippen LogP) is 2.33. The van der Waals surface area contributed by atoms with Crippen LogP contribution < -0.4 is 15.1 Å². The average molecular weight is 340 g/mol. The Hall–Kier alpha value is -2.34. The van der Waals surface area contributed by atoms with Crippen LogP contribution in [0.5, 0.6) is 0 Å². The van der Waals surface area contributed by atoms with Crippen LogP contribution in [-0.4, -0.2) is 55.3 Å². The van der Waals surface area contributed by atoms with Gasteiger partial charge in [0.15, 0.2) is 0 Å². The first-order valence-corrected chi connectivity index (χ1v) is 9.11. The van der Waals surface area contributed by atoms with Crippen LogP contribution in [0.25, 0.3) is 10.8 Å². The molecule has 0 saturated carbocycles. The van der Waals surface area contributed by atoms with Crippen molar-refractivity contribution < 1.29 is 9.90 Å². The van der Waals surface area contributed by atoms with Gasteiger partial charge in [-0.25, -0.2) is 9.78 Å².